The summed E-state index contributed by atoms with van der Waals surface area (Å²) in [7, 11) is 1.56. The number of phenols is 1. The van der Waals surface area contributed by atoms with Crippen LogP contribution in [-0.4, -0.2) is 18.0 Å². The molecule has 3 aromatic rings. The maximum absolute atomic E-state index is 12.4. The topological polar surface area (TPSA) is 46.5 Å². The van der Waals surface area contributed by atoms with E-state index < -0.39 is 0 Å². The zero-order valence-electron chi connectivity index (χ0n) is 11.9. The van der Waals surface area contributed by atoms with E-state index in [0.717, 1.165) is 10.1 Å². The average molecular weight is 310 g/mol. The number of carbonyl (C=O) groups is 1. The average Bonchev–Trinajstić information content (AvgIpc) is 2.98. The van der Waals surface area contributed by atoms with E-state index in [1.165, 1.54) is 6.08 Å². The molecular formula is C18H14O3S. The van der Waals surface area contributed by atoms with Gasteiger partial charge in [0.05, 0.1) is 7.11 Å². The normalized spacial score (nSPS) is 11.1. The van der Waals surface area contributed by atoms with Crippen molar-refractivity contribution in [1.29, 1.82) is 0 Å². The second kappa shape index (κ2) is 6.03. The molecule has 0 radical (unpaired) electrons. The third kappa shape index (κ3) is 2.73. The van der Waals surface area contributed by atoms with Crippen LogP contribution in [0.4, 0.5) is 0 Å². The van der Waals surface area contributed by atoms with Crippen LogP contribution < -0.4 is 4.74 Å². The summed E-state index contributed by atoms with van der Waals surface area (Å²) in [5.41, 5.74) is 1.23. The molecule has 1 aromatic heterocycles. The van der Waals surface area contributed by atoms with Crippen molar-refractivity contribution in [2.45, 2.75) is 0 Å². The van der Waals surface area contributed by atoms with Gasteiger partial charge in [0.2, 0.25) is 0 Å². The number of hydrogen-bond acceptors (Lipinski definition) is 4. The first-order valence-corrected chi connectivity index (χ1v) is 7.62. The van der Waals surface area contributed by atoms with Crippen molar-refractivity contribution < 1.29 is 14.6 Å². The molecule has 0 bridgehead atoms. The first-order valence-electron chi connectivity index (χ1n) is 6.74. The van der Waals surface area contributed by atoms with Crippen molar-refractivity contribution in [3.63, 3.8) is 0 Å². The molecule has 0 atom stereocenters. The number of hydrogen-bond donors (Lipinski definition) is 1. The first-order chi connectivity index (χ1) is 10.7. The summed E-state index contributed by atoms with van der Waals surface area (Å²) < 4.78 is 6.20. The van der Waals surface area contributed by atoms with Crippen LogP contribution in [0.5, 0.6) is 11.5 Å². The Kier molecular flexibility index (Phi) is 3.94. The van der Waals surface area contributed by atoms with Gasteiger partial charge in [-0.15, -0.1) is 11.3 Å². The molecule has 0 saturated heterocycles. The summed E-state index contributed by atoms with van der Waals surface area (Å²) in [5, 5.41) is 12.6. The molecule has 3 rings (SSSR count). The van der Waals surface area contributed by atoms with Crippen molar-refractivity contribution in [3.8, 4) is 11.5 Å². The first kappa shape index (κ1) is 14.4. The second-order valence-electron chi connectivity index (χ2n) is 4.77. The van der Waals surface area contributed by atoms with Crippen LogP contribution in [0, 0.1) is 0 Å². The molecule has 22 heavy (non-hydrogen) atoms. The van der Waals surface area contributed by atoms with E-state index >= 15 is 0 Å². The van der Waals surface area contributed by atoms with Crippen molar-refractivity contribution in [1.82, 2.24) is 0 Å². The number of rotatable bonds is 4. The number of phenolic OH excluding ortho intramolecular Hbond substituents is 1. The van der Waals surface area contributed by atoms with E-state index in [0.29, 0.717) is 16.9 Å². The van der Waals surface area contributed by atoms with Crippen LogP contribution in [0.3, 0.4) is 0 Å². The lowest BCUT2D eigenvalue weighted by atomic mass is 10.1. The molecule has 0 amide bonds. The highest BCUT2D eigenvalue weighted by Gasteiger charge is 2.09. The highest BCUT2D eigenvalue weighted by Crippen LogP contribution is 2.27. The van der Waals surface area contributed by atoms with Crippen molar-refractivity contribution in [2.24, 2.45) is 0 Å². The van der Waals surface area contributed by atoms with Gasteiger partial charge in [-0.1, -0.05) is 18.2 Å². The number of methoxy groups -OCH3 is 1. The maximum Gasteiger partial charge on any atom is 0.187 e. The lowest BCUT2D eigenvalue weighted by molar-refractivity contribution is 0.104. The van der Waals surface area contributed by atoms with Gasteiger partial charge in [-0.25, -0.2) is 0 Å². The van der Waals surface area contributed by atoms with E-state index in [1.54, 1.807) is 42.7 Å². The van der Waals surface area contributed by atoms with Gasteiger partial charge >= 0.3 is 0 Å². The minimum absolute atomic E-state index is 0.0836. The Morgan fingerprint density at radius 1 is 1.23 bits per heavy atom. The summed E-state index contributed by atoms with van der Waals surface area (Å²) in [6.07, 6.45) is 3.08. The van der Waals surface area contributed by atoms with Gasteiger partial charge in [-0.3, -0.25) is 4.79 Å². The minimum Gasteiger partial charge on any atom is -0.507 e. The fourth-order valence-corrected chi connectivity index (χ4v) is 3.17. The summed E-state index contributed by atoms with van der Waals surface area (Å²) in [6.45, 7) is 0. The molecule has 2 aromatic carbocycles. The standard InChI is InChI=1S/C18H14O3S/c1-21-13-7-9-16(19)12(10-13)6-8-17(20)15-11-22-18-5-3-2-4-14(15)18/h2-11,19H,1H3/b8-6+. The van der Waals surface area contributed by atoms with Gasteiger partial charge < -0.3 is 9.84 Å². The molecule has 0 aliphatic carbocycles. The Morgan fingerprint density at radius 2 is 2.05 bits per heavy atom. The Hall–Kier alpha value is -2.59. The van der Waals surface area contributed by atoms with Crippen LogP contribution in [0.1, 0.15) is 15.9 Å². The van der Waals surface area contributed by atoms with Crippen LogP contribution in [0.2, 0.25) is 0 Å². The van der Waals surface area contributed by atoms with Crippen molar-refractivity contribution in [2.75, 3.05) is 7.11 Å². The molecule has 0 aliphatic heterocycles. The number of carbonyl (C=O) groups excluding carboxylic acids is 1. The van der Waals surface area contributed by atoms with E-state index in [9.17, 15) is 9.90 Å². The smallest absolute Gasteiger partial charge is 0.187 e. The number of benzene rings is 2. The summed E-state index contributed by atoms with van der Waals surface area (Å²) in [6, 6.07) is 12.7. The van der Waals surface area contributed by atoms with Crippen molar-refractivity contribution in [3.05, 3.63) is 65.0 Å². The molecule has 0 fully saturated rings. The maximum atomic E-state index is 12.4. The molecular weight excluding hydrogens is 296 g/mol. The molecule has 0 aliphatic rings. The van der Waals surface area contributed by atoms with E-state index in [2.05, 4.69) is 0 Å². The lowest BCUT2D eigenvalue weighted by Crippen LogP contribution is -1.92. The van der Waals surface area contributed by atoms with E-state index in [-0.39, 0.29) is 11.5 Å². The highest BCUT2D eigenvalue weighted by atomic mass is 32.1. The SMILES string of the molecule is COc1ccc(O)c(/C=C/C(=O)c2csc3ccccc23)c1. The Labute approximate surface area is 132 Å². The Balaban J connectivity index is 1.91. The van der Waals surface area contributed by atoms with Gasteiger partial charge in [0.1, 0.15) is 11.5 Å². The molecule has 0 unspecified atom stereocenters. The summed E-state index contributed by atoms with van der Waals surface area (Å²) in [4.78, 5) is 12.4. The van der Waals surface area contributed by atoms with Crippen LogP contribution in [-0.2, 0) is 0 Å². The van der Waals surface area contributed by atoms with Crippen molar-refractivity contribution >= 4 is 33.3 Å². The summed E-state index contributed by atoms with van der Waals surface area (Å²) in [5.74, 6) is 0.658. The third-order valence-corrected chi connectivity index (χ3v) is 4.36. The zero-order valence-corrected chi connectivity index (χ0v) is 12.8. The number of ketones is 1. The van der Waals surface area contributed by atoms with Gasteiger partial charge in [0, 0.05) is 26.6 Å². The largest absolute Gasteiger partial charge is 0.507 e. The molecule has 0 saturated carbocycles. The molecule has 3 nitrogen and oxygen atoms in total. The Morgan fingerprint density at radius 3 is 2.86 bits per heavy atom. The monoisotopic (exact) mass is 310 g/mol. The molecule has 0 spiro atoms. The number of thiophene rings is 1. The number of aromatic hydroxyl groups is 1. The van der Waals surface area contributed by atoms with Gasteiger partial charge in [0.15, 0.2) is 5.78 Å². The second-order valence-corrected chi connectivity index (χ2v) is 5.68. The predicted octanol–water partition coefficient (Wildman–Crippen LogP) is 4.51. The van der Waals surface area contributed by atoms with Crippen LogP contribution >= 0.6 is 11.3 Å². The predicted molar refractivity (Wildman–Crippen MR) is 89.8 cm³/mol. The third-order valence-electron chi connectivity index (χ3n) is 3.40. The zero-order chi connectivity index (χ0) is 15.5. The fourth-order valence-electron chi connectivity index (χ4n) is 2.22. The lowest BCUT2D eigenvalue weighted by Gasteiger charge is -2.03. The number of allylic oxidation sites excluding steroid dienone is 1. The van der Waals surface area contributed by atoms with E-state index in [1.807, 2.05) is 29.6 Å². The molecule has 110 valence electrons. The number of fused-ring (bicyclic) bond motifs is 1. The quantitative estimate of drug-likeness (QED) is 0.569. The van der Waals surface area contributed by atoms with E-state index in [4.69, 9.17) is 4.74 Å². The van der Waals surface area contributed by atoms with Crippen LogP contribution in [0.25, 0.3) is 16.2 Å². The molecule has 1 heterocycles. The Bertz CT molecular complexity index is 862. The highest BCUT2D eigenvalue weighted by molar-refractivity contribution is 7.17. The van der Waals surface area contributed by atoms with Crippen LogP contribution in [0.15, 0.2) is 53.9 Å². The fraction of sp³-hybridized carbons (Fsp3) is 0.0556. The molecule has 1 N–H and O–H groups in total. The number of ether oxygens (including phenoxy) is 1. The molecule has 4 heteroatoms. The van der Waals surface area contributed by atoms with Gasteiger partial charge in [-0.05, 0) is 36.4 Å². The minimum atomic E-state index is -0.0836. The van der Waals surface area contributed by atoms with Gasteiger partial charge in [-0.2, -0.15) is 0 Å². The van der Waals surface area contributed by atoms with Gasteiger partial charge in [0.25, 0.3) is 0 Å². The summed E-state index contributed by atoms with van der Waals surface area (Å²) >= 11 is 1.55.